The molecule has 2 rings (SSSR count). The Balaban J connectivity index is 2.07. The van der Waals surface area contributed by atoms with Crippen LogP contribution in [0, 0.1) is 0 Å². The Morgan fingerprint density at radius 3 is 2.40 bits per heavy atom. The van der Waals surface area contributed by atoms with Gasteiger partial charge in [0, 0.05) is 13.0 Å². The van der Waals surface area contributed by atoms with Gasteiger partial charge in [0.25, 0.3) is 0 Å². The summed E-state index contributed by atoms with van der Waals surface area (Å²) in [5.74, 6) is 0. The highest BCUT2D eigenvalue weighted by Gasteiger charge is 2.40. The van der Waals surface area contributed by atoms with E-state index < -0.39 is 0 Å². The third-order valence-electron chi connectivity index (χ3n) is 2.77. The highest BCUT2D eigenvalue weighted by Crippen LogP contribution is 2.27. The van der Waals surface area contributed by atoms with Crippen LogP contribution >= 0.6 is 0 Å². The van der Waals surface area contributed by atoms with Gasteiger partial charge in [-0.2, -0.15) is 0 Å². The quantitative estimate of drug-likeness (QED) is 0.800. The van der Waals surface area contributed by atoms with Gasteiger partial charge in [-0.05, 0) is 26.3 Å². The van der Waals surface area contributed by atoms with Crippen molar-refractivity contribution in [3.63, 3.8) is 0 Å². The lowest BCUT2D eigenvalue weighted by atomic mass is 10.0. The van der Waals surface area contributed by atoms with Crippen LogP contribution in [0.15, 0.2) is 30.3 Å². The van der Waals surface area contributed by atoms with Gasteiger partial charge in [0.05, 0.1) is 5.60 Å². The summed E-state index contributed by atoms with van der Waals surface area (Å²) in [6.45, 7) is 7.28. The number of hydrogen-bond acceptors (Lipinski definition) is 2. The van der Waals surface area contributed by atoms with Gasteiger partial charge in [-0.15, -0.1) is 0 Å². The number of rotatable bonds is 2. The van der Waals surface area contributed by atoms with E-state index >= 15 is 0 Å². The molecular formula is C13H19NO. The largest absolute Gasteiger partial charge is 0.353 e. The van der Waals surface area contributed by atoms with Gasteiger partial charge in [-0.25, -0.2) is 0 Å². The van der Waals surface area contributed by atoms with Crippen LogP contribution in [-0.2, 0) is 11.2 Å². The van der Waals surface area contributed by atoms with E-state index in [9.17, 15) is 0 Å². The Morgan fingerprint density at radius 2 is 1.87 bits per heavy atom. The first-order valence-electron chi connectivity index (χ1n) is 5.48. The van der Waals surface area contributed by atoms with Crippen molar-refractivity contribution >= 4 is 0 Å². The maximum Gasteiger partial charge on any atom is 0.121 e. The van der Waals surface area contributed by atoms with Crippen molar-refractivity contribution in [2.75, 3.05) is 6.54 Å². The summed E-state index contributed by atoms with van der Waals surface area (Å²) in [5, 5.41) is 3.45. The SMILES string of the molecule is CC1(C)CNC(C)(Cc2ccccc2)O1. The minimum absolute atomic E-state index is 0.0521. The Hall–Kier alpha value is -0.860. The summed E-state index contributed by atoms with van der Waals surface area (Å²) in [5.41, 5.74) is 1.04. The van der Waals surface area contributed by atoms with Gasteiger partial charge < -0.3 is 4.74 Å². The van der Waals surface area contributed by atoms with Gasteiger partial charge in [0.15, 0.2) is 0 Å². The van der Waals surface area contributed by atoms with Gasteiger partial charge in [0.1, 0.15) is 5.72 Å². The highest BCUT2D eigenvalue weighted by molar-refractivity contribution is 5.17. The molecule has 2 nitrogen and oxygen atoms in total. The predicted octanol–water partition coefficient (Wildman–Crippen LogP) is 2.34. The topological polar surface area (TPSA) is 21.3 Å². The monoisotopic (exact) mass is 205 g/mol. The van der Waals surface area contributed by atoms with Crippen molar-refractivity contribution in [1.29, 1.82) is 0 Å². The second kappa shape index (κ2) is 3.62. The molecule has 82 valence electrons. The fourth-order valence-corrected chi connectivity index (χ4v) is 2.17. The van der Waals surface area contributed by atoms with E-state index in [1.807, 2.05) is 6.07 Å². The molecule has 1 unspecified atom stereocenters. The van der Waals surface area contributed by atoms with Gasteiger partial charge in [-0.1, -0.05) is 30.3 Å². The summed E-state index contributed by atoms with van der Waals surface area (Å²) >= 11 is 0. The average Bonchev–Trinajstić information content (AvgIpc) is 2.42. The van der Waals surface area contributed by atoms with E-state index in [0.29, 0.717) is 0 Å². The van der Waals surface area contributed by atoms with Gasteiger partial charge >= 0.3 is 0 Å². The first-order chi connectivity index (χ1) is 6.99. The predicted molar refractivity (Wildman–Crippen MR) is 61.7 cm³/mol. The molecule has 1 atom stereocenters. The highest BCUT2D eigenvalue weighted by atomic mass is 16.5. The van der Waals surface area contributed by atoms with Crippen molar-refractivity contribution in [3.05, 3.63) is 35.9 Å². The lowest BCUT2D eigenvalue weighted by molar-refractivity contribution is -0.0785. The first kappa shape index (κ1) is 10.7. The van der Waals surface area contributed by atoms with E-state index in [1.54, 1.807) is 0 Å². The summed E-state index contributed by atoms with van der Waals surface area (Å²) in [6, 6.07) is 10.5. The average molecular weight is 205 g/mol. The third-order valence-corrected chi connectivity index (χ3v) is 2.77. The fraction of sp³-hybridized carbons (Fsp3) is 0.538. The van der Waals surface area contributed by atoms with Crippen molar-refractivity contribution < 1.29 is 4.74 Å². The van der Waals surface area contributed by atoms with E-state index in [4.69, 9.17) is 4.74 Å². The molecule has 0 amide bonds. The third kappa shape index (κ3) is 2.58. The lowest BCUT2D eigenvalue weighted by Crippen LogP contribution is -2.40. The lowest BCUT2D eigenvalue weighted by Gasteiger charge is -2.27. The van der Waals surface area contributed by atoms with Crippen LogP contribution in [-0.4, -0.2) is 17.9 Å². The smallest absolute Gasteiger partial charge is 0.121 e. The van der Waals surface area contributed by atoms with E-state index in [1.165, 1.54) is 5.56 Å². The molecule has 0 radical (unpaired) electrons. The molecule has 1 aliphatic heterocycles. The normalized spacial score (nSPS) is 29.3. The van der Waals surface area contributed by atoms with Crippen LogP contribution in [0.2, 0.25) is 0 Å². The van der Waals surface area contributed by atoms with Crippen LogP contribution in [0.4, 0.5) is 0 Å². The molecular weight excluding hydrogens is 186 g/mol. The molecule has 1 aromatic rings. The molecule has 1 heterocycles. The molecule has 0 aliphatic carbocycles. The molecule has 1 N–H and O–H groups in total. The molecule has 0 saturated carbocycles. The Kier molecular flexibility index (Phi) is 2.57. The molecule has 1 aromatic carbocycles. The summed E-state index contributed by atoms with van der Waals surface area (Å²) in [6.07, 6.45) is 0.914. The fourth-order valence-electron chi connectivity index (χ4n) is 2.17. The van der Waals surface area contributed by atoms with Crippen LogP contribution < -0.4 is 5.32 Å². The van der Waals surface area contributed by atoms with Crippen LogP contribution in [0.5, 0.6) is 0 Å². The molecule has 0 spiro atoms. The zero-order chi connectivity index (χ0) is 10.9. The zero-order valence-corrected chi connectivity index (χ0v) is 9.71. The van der Waals surface area contributed by atoms with Gasteiger partial charge in [0.2, 0.25) is 0 Å². The van der Waals surface area contributed by atoms with E-state index in [-0.39, 0.29) is 11.3 Å². The van der Waals surface area contributed by atoms with Crippen molar-refractivity contribution in [3.8, 4) is 0 Å². The minimum atomic E-state index is -0.217. The van der Waals surface area contributed by atoms with Crippen LogP contribution in [0.1, 0.15) is 26.3 Å². The van der Waals surface area contributed by atoms with Crippen molar-refractivity contribution in [2.24, 2.45) is 0 Å². The second-order valence-corrected chi connectivity index (χ2v) is 5.11. The van der Waals surface area contributed by atoms with Gasteiger partial charge in [-0.3, -0.25) is 5.32 Å². The standard InChI is InChI=1S/C13H19NO/c1-12(2)10-14-13(3,15-12)9-11-7-5-4-6-8-11/h4-8,14H,9-10H2,1-3H3. The molecule has 0 bridgehead atoms. The van der Waals surface area contributed by atoms with Crippen LogP contribution in [0.3, 0.4) is 0 Å². The summed E-state index contributed by atoms with van der Waals surface area (Å²) < 4.78 is 6.03. The van der Waals surface area contributed by atoms with E-state index in [2.05, 4.69) is 50.4 Å². The minimum Gasteiger partial charge on any atom is -0.353 e. The second-order valence-electron chi connectivity index (χ2n) is 5.11. The Morgan fingerprint density at radius 1 is 1.20 bits per heavy atom. The molecule has 15 heavy (non-hydrogen) atoms. The van der Waals surface area contributed by atoms with E-state index in [0.717, 1.165) is 13.0 Å². The van der Waals surface area contributed by atoms with Crippen LogP contribution in [0.25, 0.3) is 0 Å². The molecule has 1 fully saturated rings. The summed E-state index contributed by atoms with van der Waals surface area (Å²) in [4.78, 5) is 0. The molecule has 2 heteroatoms. The molecule has 0 aromatic heterocycles. The maximum absolute atomic E-state index is 6.03. The number of nitrogens with one attached hydrogen (secondary N) is 1. The Bertz CT molecular complexity index is 334. The number of hydrogen-bond donors (Lipinski definition) is 1. The van der Waals surface area contributed by atoms with Crippen molar-refractivity contribution in [2.45, 2.75) is 38.5 Å². The van der Waals surface area contributed by atoms with Crippen molar-refractivity contribution in [1.82, 2.24) is 5.32 Å². The molecule has 1 saturated heterocycles. The molecule has 1 aliphatic rings. The first-order valence-corrected chi connectivity index (χ1v) is 5.48. The zero-order valence-electron chi connectivity index (χ0n) is 9.71. The summed E-state index contributed by atoms with van der Waals surface area (Å²) in [7, 11) is 0. The Labute approximate surface area is 91.6 Å². The number of benzene rings is 1. The maximum atomic E-state index is 6.03. The number of ether oxygens (including phenoxy) is 1.